The maximum absolute atomic E-state index is 13.6. The molecule has 0 bridgehead atoms. The van der Waals surface area contributed by atoms with E-state index in [0.717, 1.165) is 26.9 Å². The number of hydrogen-bond acceptors (Lipinski definition) is 5. The Hall–Kier alpha value is -3.13. The van der Waals surface area contributed by atoms with Crippen molar-refractivity contribution in [3.05, 3.63) is 98.8 Å². The van der Waals surface area contributed by atoms with E-state index in [9.17, 15) is 9.59 Å². The molecular formula is C27H22ClN3O2S2. The van der Waals surface area contributed by atoms with Gasteiger partial charge in [0, 0.05) is 20.8 Å². The van der Waals surface area contributed by atoms with E-state index in [4.69, 9.17) is 16.6 Å². The topological polar surface area (TPSA) is 64.0 Å². The van der Waals surface area contributed by atoms with Crippen LogP contribution in [-0.4, -0.2) is 21.2 Å². The third kappa shape index (κ3) is 4.85. The van der Waals surface area contributed by atoms with Crippen LogP contribution in [0, 0.1) is 13.8 Å². The van der Waals surface area contributed by atoms with Gasteiger partial charge in [-0.25, -0.2) is 4.98 Å². The molecule has 5 rings (SSSR count). The standard InChI is InChI=1S/C27H22ClN3O2S2/c1-16-11-12-19(13-17(16)2)29-23(32)15-34-27-30-24-20-8-4-6-10-22(20)35-25(24)26(33)31(27)14-18-7-3-5-9-21(18)28/h3-13H,14-15H2,1-2H3,(H,29,32). The van der Waals surface area contributed by atoms with Gasteiger partial charge in [-0.1, -0.05) is 65.8 Å². The number of thioether (sulfide) groups is 1. The van der Waals surface area contributed by atoms with E-state index in [1.54, 1.807) is 10.6 Å². The summed E-state index contributed by atoms with van der Waals surface area (Å²) in [7, 11) is 0. The number of halogens is 1. The highest BCUT2D eigenvalue weighted by atomic mass is 35.5. The molecule has 0 unspecified atom stereocenters. The summed E-state index contributed by atoms with van der Waals surface area (Å²) in [6, 6.07) is 21.1. The van der Waals surface area contributed by atoms with Gasteiger partial charge in [-0.15, -0.1) is 11.3 Å². The maximum atomic E-state index is 13.6. The molecule has 0 radical (unpaired) electrons. The fraction of sp³-hybridized carbons (Fsp3) is 0.148. The monoisotopic (exact) mass is 519 g/mol. The predicted octanol–water partition coefficient (Wildman–Crippen LogP) is 6.66. The first-order valence-electron chi connectivity index (χ1n) is 11.1. The Balaban J connectivity index is 1.51. The van der Waals surface area contributed by atoms with Gasteiger partial charge in [0.25, 0.3) is 5.56 Å². The highest BCUT2D eigenvalue weighted by molar-refractivity contribution is 7.99. The highest BCUT2D eigenvalue weighted by Crippen LogP contribution is 2.32. The Bertz CT molecular complexity index is 1640. The van der Waals surface area contributed by atoms with E-state index in [0.29, 0.717) is 20.4 Å². The molecule has 0 aliphatic heterocycles. The molecule has 1 N–H and O–H groups in total. The molecule has 0 aliphatic carbocycles. The molecule has 0 aliphatic rings. The van der Waals surface area contributed by atoms with E-state index >= 15 is 0 Å². The summed E-state index contributed by atoms with van der Waals surface area (Å²) in [5.74, 6) is -0.0396. The normalized spacial score (nSPS) is 11.3. The summed E-state index contributed by atoms with van der Waals surface area (Å²) in [5, 5.41) is 4.95. The molecule has 0 atom stereocenters. The largest absolute Gasteiger partial charge is 0.325 e. The number of carbonyl (C=O) groups excluding carboxylic acids is 1. The molecule has 0 fully saturated rings. The van der Waals surface area contributed by atoms with Crippen LogP contribution in [0.15, 0.2) is 76.7 Å². The lowest BCUT2D eigenvalue weighted by atomic mass is 10.1. The van der Waals surface area contributed by atoms with Crippen molar-refractivity contribution < 1.29 is 4.79 Å². The minimum absolute atomic E-state index is 0.120. The Morgan fingerprint density at radius 3 is 2.63 bits per heavy atom. The number of carbonyl (C=O) groups is 1. The molecule has 3 aromatic carbocycles. The van der Waals surface area contributed by atoms with E-state index < -0.39 is 0 Å². The van der Waals surface area contributed by atoms with Crippen LogP contribution in [0.1, 0.15) is 16.7 Å². The molecule has 176 valence electrons. The fourth-order valence-corrected chi connectivity index (χ4v) is 5.92. The SMILES string of the molecule is Cc1ccc(NC(=O)CSc2nc3c(sc4ccccc43)c(=O)n2Cc2ccccc2Cl)cc1C. The number of thiophene rings is 1. The zero-order chi connectivity index (χ0) is 24.5. The quantitative estimate of drug-likeness (QED) is 0.201. The Morgan fingerprint density at radius 1 is 1.06 bits per heavy atom. The molecule has 1 amide bonds. The van der Waals surface area contributed by atoms with Crippen molar-refractivity contribution in [2.75, 3.05) is 11.1 Å². The number of aryl methyl sites for hydroxylation is 2. The molecule has 5 aromatic rings. The Kier molecular flexibility index (Phi) is 6.65. The van der Waals surface area contributed by atoms with Gasteiger partial charge in [0.15, 0.2) is 5.16 Å². The van der Waals surface area contributed by atoms with Crippen LogP contribution in [0.5, 0.6) is 0 Å². The lowest BCUT2D eigenvalue weighted by Crippen LogP contribution is -2.24. The van der Waals surface area contributed by atoms with E-state index in [-0.39, 0.29) is 23.8 Å². The smallest absolute Gasteiger partial charge is 0.272 e. The summed E-state index contributed by atoms with van der Waals surface area (Å²) in [5.41, 5.74) is 4.39. The third-order valence-electron chi connectivity index (χ3n) is 5.86. The molecule has 0 saturated heterocycles. The number of benzene rings is 3. The molecule has 2 aromatic heterocycles. The Morgan fingerprint density at radius 2 is 1.83 bits per heavy atom. The predicted molar refractivity (Wildman–Crippen MR) is 147 cm³/mol. The lowest BCUT2D eigenvalue weighted by Gasteiger charge is -2.13. The van der Waals surface area contributed by atoms with Crippen molar-refractivity contribution in [2.45, 2.75) is 25.5 Å². The van der Waals surface area contributed by atoms with Crippen LogP contribution in [0.25, 0.3) is 20.3 Å². The van der Waals surface area contributed by atoms with Crippen LogP contribution in [0.4, 0.5) is 5.69 Å². The minimum Gasteiger partial charge on any atom is -0.325 e. The second kappa shape index (κ2) is 9.85. The number of rotatable bonds is 6. The molecule has 8 heteroatoms. The Labute approximate surface area is 215 Å². The lowest BCUT2D eigenvalue weighted by molar-refractivity contribution is -0.113. The van der Waals surface area contributed by atoms with Crippen LogP contribution in [0.3, 0.4) is 0 Å². The molecule has 5 nitrogen and oxygen atoms in total. The minimum atomic E-state index is -0.160. The zero-order valence-corrected chi connectivity index (χ0v) is 21.6. The van der Waals surface area contributed by atoms with Crippen molar-refractivity contribution in [2.24, 2.45) is 0 Å². The number of anilines is 1. The number of amides is 1. The first kappa shape index (κ1) is 23.6. The van der Waals surface area contributed by atoms with Crippen LogP contribution < -0.4 is 10.9 Å². The average molecular weight is 520 g/mol. The van der Waals surface area contributed by atoms with Gasteiger partial charge < -0.3 is 5.32 Å². The van der Waals surface area contributed by atoms with Crippen molar-refractivity contribution in [3.8, 4) is 0 Å². The van der Waals surface area contributed by atoms with Gasteiger partial charge in [0.1, 0.15) is 4.70 Å². The van der Waals surface area contributed by atoms with E-state index in [2.05, 4.69) is 5.32 Å². The van der Waals surface area contributed by atoms with Crippen molar-refractivity contribution >= 4 is 66.6 Å². The van der Waals surface area contributed by atoms with Gasteiger partial charge in [0.05, 0.1) is 17.8 Å². The highest BCUT2D eigenvalue weighted by Gasteiger charge is 2.18. The van der Waals surface area contributed by atoms with Gasteiger partial charge >= 0.3 is 0 Å². The maximum Gasteiger partial charge on any atom is 0.272 e. The second-order valence-corrected chi connectivity index (χ2v) is 10.7. The second-order valence-electron chi connectivity index (χ2n) is 8.29. The van der Waals surface area contributed by atoms with Gasteiger partial charge in [-0.3, -0.25) is 14.2 Å². The number of aromatic nitrogens is 2. The number of hydrogen-bond donors (Lipinski definition) is 1. The summed E-state index contributed by atoms with van der Waals surface area (Å²) < 4.78 is 3.22. The van der Waals surface area contributed by atoms with Gasteiger partial charge in [0.2, 0.25) is 5.91 Å². The molecule has 0 spiro atoms. The number of nitrogens with zero attached hydrogens (tertiary/aromatic N) is 2. The van der Waals surface area contributed by atoms with E-state index in [1.165, 1.54) is 28.7 Å². The summed E-state index contributed by atoms with van der Waals surface area (Å²) in [6.45, 7) is 4.32. The summed E-state index contributed by atoms with van der Waals surface area (Å²) in [4.78, 5) is 31.2. The van der Waals surface area contributed by atoms with Gasteiger partial charge in [-0.2, -0.15) is 0 Å². The molecule has 35 heavy (non-hydrogen) atoms. The van der Waals surface area contributed by atoms with Crippen molar-refractivity contribution in [3.63, 3.8) is 0 Å². The molecular weight excluding hydrogens is 498 g/mol. The van der Waals surface area contributed by atoms with Crippen molar-refractivity contribution in [1.29, 1.82) is 0 Å². The summed E-state index contributed by atoms with van der Waals surface area (Å²) in [6.07, 6.45) is 0. The first-order valence-corrected chi connectivity index (χ1v) is 13.2. The number of fused-ring (bicyclic) bond motifs is 3. The average Bonchev–Trinajstić information content (AvgIpc) is 3.22. The number of nitrogens with one attached hydrogen (secondary N) is 1. The van der Waals surface area contributed by atoms with Crippen LogP contribution in [-0.2, 0) is 11.3 Å². The summed E-state index contributed by atoms with van der Waals surface area (Å²) >= 11 is 9.09. The van der Waals surface area contributed by atoms with Gasteiger partial charge in [-0.05, 0) is 54.8 Å². The fourth-order valence-electron chi connectivity index (χ4n) is 3.85. The van der Waals surface area contributed by atoms with Crippen molar-refractivity contribution in [1.82, 2.24) is 9.55 Å². The first-order chi connectivity index (χ1) is 16.9. The van der Waals surface area contributed by atoms with Crippen LogP contribution >= 0.6 is 34.7 Å². The molecule has 2 heterocycles. The molecule has 0 saturated carbocycles. The van der Waals surface area contributed by atoms with E-state index in [1.807, 2.05) is 74.5 Å². The van der Waals surface area contributed by atoms with Crippen LogP contribution in [0.2, 0.25) is 5.02 Å². The third-order valence-corrected chi connectivity index (χ3v) is 8.35. The zero-order valence-electron chi connectivity index (χ0n) is 19.2.